The van der Waals surface area contributed by atoms with Gasteiger partial charge in [-0.2, -0.15) is 5.26 Å². The summed E-state index contributed by atoms with van der Waals surface area (Å²) in [5.74, 6) is 0. The maximum absolute atomic E-state index is 9.67. The number of hydrogen-bond donors (Lipinski definition) is 0. The molecule has 1 heterocycles. The second kappa shape index (κ2) is 11.2. The third-order valence-corrected chi connectivity index (χ3v) is 12.7. The summed E-state index contributed by atoms with van der Waals surface area (Å²) in [5, 5.41) is 30.2. The smallest absolute Gasteiger partial charge is 0.0991 e. The Bertz CT molecular complexity index is 3830. The van der Waals surface area contributed by atoms with Crippen LogP contribution in [0.15, 0.2) is 182 Å². The normalized spacial score (nSPS) is 12.2. The molecule has 0 amide bonds. The number of nitrogens with zero attached hydrogens (tertiary/aromatic N) is 2. The number of aromatic nitrogens is 1. The number of fused-ring (bicyclic) bond motifs is 12. The van der Waals surface area contributed by atoms with E-state index in [1.54, 1.807) is 0 Å². The lowest BCUT2D eigenvalue weighted by atomic mass is 9.84. The first-order chi connectivity index (χ1) is 28.3. The first-order valence-corrected chi connectivity index (χ1v) is 19.6. The van der Waals surface area contributed by atoms with Crippen molar-refractivity contribution in [3.8, 4) is 34.0 Å². The van der Waals surface area contributed by atoms with E-state index in [0.29, 0.717) is 5.56 Å². The monoisotopic (exact) mass is 718 g/mol. The highest BCUT2D eigenvalue weighted by Crippen LogP contribution is 2.55. The third-order valence-electron chi connectivity index (χ3n) is 12.7. The molecule has 0 radical (unpaired) electrons. The maximum Gasteiger partial charge on any atom is 0.0991 e. The number of para-hydroxylation sites is 1. The van der Waals surface area contributed by atoms with E-state index >= 15 is 0 Å². The predicted molar refractivity (Wildman–Crippen MR) is 241 cm³/mol. The van der Waals surface area contributed by atoms with Crippen molar-refractivity contribution in [1.29, 1.82) is 5.26 Å². The number of rotatable bonds is 3. The molecular formula is C55H30N2. The van der Waals surface area contributed by atoms with E-state index in [4.69, 9.17) is 0 Å². The molecule has 0 aliphatic heterocycles. The van der Waals surface area contributed by atoms with Gasteiger partial charge in [-0.1, -0.05) is 140 Å². The molecule has 2 heteroatoms. The van der Waals surface area contributed by atoms with Crippen LogP contribution in [0, 0.1) is 11.3 Å². The molecule has 1 aromatic heterocycles. The molecule has 0 fully saturated rings. The molecule has 260 valence electrons. The van der Waals surface area contributed by atoms with Crippen molar-refractivity contribution in [1.82, 2.24) is 4.57 Å². The van der Waals surface area contributed by atoms with Crippen molar-refractivity contribution in [3.05, 3.63) is 188 Å². The van der Waals surface area contributed by atoms with E-state index in [1.807, 2.05) is 12.1 Å². The number of hydrogen-bond acceptors (Lipinski definition) is 1. The second-order valence-corrected chi connectivity index (χ2v) is 15.4. The average molecular weight is 719 g/mol. The van der Waals surface area contributed by atoms with Crippen molar-refractivity contribution < 1.29 is 0 Å². The lowest BCUT2D eigenvalue weighted by Crippen LogP contribution is -1.94. The summed E-state index contributed by atoms with van der Waals surface area (Å²) < 4.78 is 2.39. The van der Waals surface area contributed by atoms with Gasteiger partial charge in [0.25, 0.3) is 0 Å². The summed E-state index contributed by atoms with van der Waals surface area (Å²) in [6.07, 6.45) is 0. The van der Waals surface area contributed by atoms with Gasteiger partial charge in [0.05, 0.1) is 22.7 Å². The van der Waals surface area contributed by atoms with E-state index in [1.165, 1.54) is 108 Å². The Morgan fingerprint density at radius 3 is 1.54 bits per heavy atom. The molecule has 0 saturated heterocycles. The Labute approximate surface area is 327 Å². The molecule has 2 nitrogen and oxygen atoms in total. The summed E-state index contributed by atoms with van der Waals surface area (Å²) in [7, 11) is 0. The lowest BCUT2D eigenvalue weighted by Gasteiger charge is -2.19. The Kier molecular flexibility index (Phi) is 5.99. The molecule has 0 aliphatic carbocycles. The van der Waals surface area contributed by atoms with Crippen molar-refractivity contribution in [3.63, 3.8) is 0 Å². The summed E-state index contributed by atoms with van der Waals surface area (Å²) in [6.45, 7) is 0. The van der Waals surface area contributed by atoms with Crippen LogP contribution < -0.4 is 0 Å². The van der Waals surface area contributed by atoms with Crippen LogP contribution >= 0.6 is 0 Å². The van der Waals surface area contributed by atoms with Gasteiger partial charge in [-0.3, -0.25) is 0 Å². The Hall–Kier alpha value is -7.73. The van der Waals surface area contributed by atoms with E-state index in [2.05, 4.69) is 180 Å². The van der Waals surface area contributed by atoms with Crippen LogP contribution in [0.3, 0.4) is 0 Å². The minimum atomic E-state index is 0.653. The van der Waals surface area contributed by atoms with Crippen molar-refractivity contribution in [2.75, 3.05) is 0 Å². The van der Waals surface area contributed by atoms with Gasteiger partial charge in [0, 0.05) is 16.5 Å². The molecule has 0 atom stereocenters. The number of nitriles is 1. The van der Waals surface area contributed by atoms with Crippen molar-refractivity contribution in [2.45, 2.75) is 0 Å². The fourth-order valence-electron chi connectivity index (χ4n) is 10.5. The summed E-state index contributed by atoms with van der Waals surface area (Å²) >= 11 is 0. The van der Waals surface area contributed by atoms with Gasteiger partial charge in [0.1, 0.15) is 0 Å². The minimum absolute atomic E-state index is 0.653. The minimum Gasteiger partial charge on any atom is -0.309 e. The molecule has 0 saturated carbocycles. The number of benzene rings is 10. The predicted octanol–water partition coefficient (Wildman–Crippen LogP) is 14.9. The zero-order valence-corrected chi connectivity index (χ0v) is 30.7. The Morgan fingerprint density at radius 2 is 0.842 bits per heavy atom. The summed E-state index contributed by atoms with van der Waals surface area (Å²) in [6, 6.07) is 68.9. The second-order valence-electron chi connectivity index (χ2n) is 15.4. The Morgan fingerprint density at radius 1 is 0.316 bits per heavy atom. The highest BCUT2D eigenvalue weighted by atomic mass is 15.0. The van der Waals surface area contributed by atoms with Crippen LogP contribution in [0.4, 0.5) is 0 Å². The van der Waals surface area contributed by atoms with Gasteiger partial charge in [0.2, 0.25) is 0 Å². The molecule has 13 aromatic rings. The van der Waals surface area contributed by atoms with Gasteiger partial charge in [0.15, 0.2) is 0 Å². The van der Waals surface area contributed by atoms with E-state index in [0.717, 1.165) is 16.7 Å². The topological polar surface area (TPSA) is 28.7 Å². The standard InChI is InChI=1S/C55H30N2/c56-31-32-25-27-35(28-26-32)57-46-24-10-9-19-39(46)52-40-21-12-23-42-51(40)45(30-47(52)57)55-48(33-13-3-1-4-14-33)44-29-43-37-18-8-7-17-36(37)38-20-11-22-41(50(38)43)53(44)49(54(42)55)34-15-5-2-6-16-34/h1-30H. The zero-order valence-electron chi connectivity index (χ0n) is 30.7. The van der Waals surface area contributed by atoms with Crippen LogP contribution in [-0.4, -0.2) is 4.57 Å². The zero-order chi connectivity index (χ0) is 37.4. The van der Waals surface area contributed by atoms with E-state index < -0.39 is 0 Å². The lowest BCUT2D eigenvalue weighted by molar-refractivity contribution is 1.18. The fourth-order valence-corrected chi connectivity index (χ4v) is 10.5. The van der Waals surface area contributed by atoms with Gasteiger partial charge in [-0.25, -0.2) is 0 Å². The van der Waals surface area contributed by atoms with Crippen molar-refractivity contribution in [2.24, 2.45) is 0 Å². The summed E-state index contributed by atoms with van der Waals surface area (Å²) in [5.41, 5.74) is 8.98. The first-order valence-electron chi connectivity index (χ1n) is 19.6. The molecule has 0 spiro atoms. The SMILES string of the molecule is N#Cc1ccc(-n2c3ccccc3c3c4cccc5c6c(-c7ccccc7)c7c(cc8c9ccccc9c9cccc7c98)c(-c7ccccc7)c6c(cc32)c54)cc1. The maximum atomic E-state index is 9.67. The fraction of sp³-hybridized carbons (Fsp3) is 0. The van der Waals surface area contributed by atoms with Gasteiger partial charge in [-0.05, 0) is 140 Å². The molecule has 57 heavy (non-hydrogen) atoms. The highest BCUT2D eigenvalue weighted by molar-refractivity contribution is 6.46. The van der Waals surface area contributed by atoms with Crippen LogP contribution in [0.25, 0.3) is 125 Å². The van der Waals surface area contributed by atoms with Gasteiger partial charge < -0.3 is 4.57 Å². The van der Waals surface area contributed by atoms with E-state index in [-0.39, 0.29) is 0 Å². The molecule has 0 unspecified atom stereocenters. The molecule has 0 N–H and O–H groups in total. The molecular weight excluding hydrogens is 689 g/mol. The van der Waals surface area contributed by atoms with Crippen LogP contribution in [0.1, 0.15) is 5.56 Å². The molecule has 12 aromatic carbocycles. The van der Waals surface area contributed by atoms with Gasteiger partial charge >= 0.3 is 0 Å². The van der Waals surface area contributed by atoms with Crippen LogP contribution in [-0.2, 0) is 0 Å². The van der Waals surface area contributed by atoms with Gasteiger partial charge in [-0.15, -0.1) is 0 Å². The first kappa shape index (κ1) is 30.6. The summed E-state index contributed by atoms with van der Waals surface area (Å²) in [4.78, 5) is 0. The molecule has 13 rings (SSSR count). The highest BCUT2D eigenvalue weighted by Gasteiger charge is 2.28. The van der Waals surface area contributed by atoms with Crippen molar-refractivity contribution >= 4 is 97.2 Å². The third kappa shape index (κ3) is 3.92. The Balaban J connectivity index is 1.35. The quantitative estimate of drug-likeness (QED) is 0.167. The van der Waals surface area contributed by atoms with Crippen LogP contribution in [0.5, 0.6) is 0 Å². The molecule has 0 bridgehead atoms. The molecule has 0 aliphatic rings. The largest absolute Gasteiger partial charge is 0.309 e. The van der Waals surface area contributed by atoms with Crippen LogP contribution in [0.2, 0.25) is 0 Å². The van der Waals surface area contributed by atoms with E-state index in [9.17, 15) is 5.26 Å². The average Bonchev–Trinajstić information content (AvgIpc) is 3.91.